The molecule has 0 aromatic heterocycles. The van der Waals surface area contributed by atoms with Gasteiger partial charge in [-0.3, -0.25) is 0 Å². The Labute approximate surface area is 327 Å². The highest BCUT2D eigenvalue weighted by Crippen LogP contribution is 2.50. The Morgan fingerprint density at radius 1 is 0.400 bits per heavy atom. The van der Waals surface area contributed by atoms with E-state index in [1.165, 1.54) is 89.5 Å². The fourth-order valence-corrected chi connectivity index (χ4v) is 9.75. The number of hydrogen-bond donors (Lipinski definition) is 0. The van der Waals surface area contributed by atoms with Crippen molar-refractivity contribution in [1.29, 1.82) is 0 Å². The smallest absolute Gasteiger partial charge is 0.252 e. The molecule has 0 spiro atoms. The van der Waals surface area contributed by atoms with Crippen LogP contribution in [0, 0.1) is 0 Å². The molecule has 0 aliphatic carbocycles. The lowest BCUT2D eigenvalue weighted by Gasteiger charge is -2.51. The first-order chi connectivity index (χ1) is 26.4. The lowest BCUT2D eigenvalue weighted by molar-refractivity contribution is 0.590. The minimum absolute atomic E-state index is 0.0763. The predicted octanol–water partition coefficient (Wildman–Crippen LogP) is 11.7. The van der Waals surface area contributed by atoms with Crippen LogP contribution >= 0.6 is 0 Å². The summed E-state index contributed by atoms with van der Waals surface area (Å²) in [4.78, 5) is 5.07. The molecular formula is C52H47BN2. The first-order valence-electron chi connectivity index (χ1n) is 19.8. The Balaban J connectivity index is 1.21. The molecule has 7 aromatic rings. The van der Waals surface area contributed by atoms with E-state index >= 15 is 0 Å². The minimum Gasteiger partial charge on any atom is -0.311 e. The molecule has 0 N–H and O–H groups in total. The molecule has 55 heavy (non-hydrogen) atoms. The summed E-state index contributed by atoms with van der Waals surface area (Å²) in [7, 11) is 0. The third-order valence-electron chi connectivity index (χ3n) is 12.7. The second-order valence-corrected chi connectivity index (χ2v) is 18.0. The Morgan fingerprint density at radius 3 is 1.24 bits per heavy atom. The van der Waals surface area contributed by atoms with Gasteiger partial charge in [-0.15, -0.1) is 0 Å². The summed E-state index contributed by atoms with van der Waals surface area (Å²) in [6.07, 6.45) is 0. The fourth-order valence-electron chi connectivity index (χ4n) is 9.75. The molecule has 1 atom stereocenters. The first kappa shape index (κ1) is 33.7. The molecule has 3 aliphatic rings. The van der Waals surface area contributed by atoms with Gasteiger partial charge in [-0.1, -0.05) is 151 Å². The quantitative estimate of drug-likeness (QED) is 0.168. The molecule has 0 bridgehead atoms. The van der Waals surface area contributed by atoms with Crippen LogP contribution in [-0.4, -0.2) is 6.71 Å². The molecule has 3 aliphatic heterocycles. The maximum absolute atomic E-state index is 2.54. The van der Waals surface area contributed by atoms with Gasteiger partial charge in [-0.2, -0.15) is 0 Å². The van der Waals surface area contributed by atoms with Crippen LogP contribution in [0.15, 0.2) is 158 Å². The molecule has 0 fully saturated rings. The number of anilines is 6. The van der Waals surface area contributed by atoms with Crippen LogP contribution < -0.4 is 26.2 Å². The largest absolute Gasteiger partial charge is 0.311 e. The Bertz CT molecular complexity index is 2610. The van der Waals surface area contributed by atoms with E-state index in [0.717, 1.165) is 0 Å². The van der Waals surface area contributed by atoms with Crippen molar-refractivity contribution in [3.8, 4) is 11.1 Å². The van der Waals surface area contributed by atoms with E-state index in [4.69, 9.17) is 0 Å². The summed E-state index contributed by atoms with van der Waals surface area (Å²) in [6, 6.07) is 59.7. The monoisotopic (exact) mass is 710 g/mol. The molecule has 3 heterocycles. The molecule has 1 unspecified atom stereocenters. The van der Waals surface area contributed by atoms with Gasteiger partial charge in [-0.25, -0.2) is 0 Å². The minimum atomic E-state index is -0.352. The van der Waals surface area contributed by atoms with Gasteiger partial charge in [0.05, 0.1) is 0 Å². The molecule has 0 radical (unpaired) electrons. The molecule has 0 saturated carbocycles. The highest BCUT2D eigenvalue weighted by Gasteiger charge is 2.52. The van der Waals surface area contributed by atoms with E-state index in [1.807, 2.05) is 0 Å². The van der Waals surface area contributed by atoms with Crippen molar-refractivity contribution in [2.75, 3.05) is 9.80 Å². The summed E-state index contributed by atoms with van der Waals surface area (Å²) >= 11 is 0. The van der Waals surface area contributed by atoms with Crippen LogP contribution in [0.2, 0.25) is 0 Å². The van der Waals surface area contributed by atoms with E-state index in [0.29, 0.717) is 0 Å². The van der Waals surface area contributed by atoms with Crippen molar-refractivity contribution in [3.05, 3.63) is 186 Å². The van der Waals surface area contributed by atoms with Gasteiger partial charge in [0.1, 0.15) is 0 Å². The second-order valence-electron chi connectivity index (χ2n) is 18.0. The molecular weight excluding hydrogens is 663 g/mol. The van der Waals surface area contributed by atoms with Crippen LogP contribution in [0.5, 0.6) is 0 Å². The third kappa shape index (κ3) is 4.95. The van der Waals surface area contributed by atoms with Gasteiger partial charge in [0, 0.05) is 39.5 Å². The van der Waals surface area contributed by atoms with E-state index in [-0.39, 0.29) is 23.0 Å². The molecule has 7 aromatic carbocycles. The van der Waals surface area contributed by atoms with Crippen LogP contribution in [0.1, 0.15) is 76.3 Å². The Hall–Kier alpha value is -5.80. The zero-order valence-electron chi connectivity index (χ0n) is 33.0. The van der Waals surface area contributed by atoms with Crippen molar-refractivity contribution < 1.29 is 0 Å². The molecule has 0 saturated heterocycles. The number of benzene rings is 7. The molecule has 268 valence electrons. The summed E-state index contributed by atoms with van der Waals surface area (Å²) in [6.45, 7) is 16.2. The van der Waals surface area contributed by atoms with E-state index in [9.17, 15) is 0 Å². The van der Waals surface area contributed by atoms with Crippen molar-refractivity contribution in [3.63, 3.8) is 0 Å². The van der Waals surface area contributed by atoms with Crippen molar-refractivity contribution in [2.24, 2.45) is 0 Å². The first-order valence-corrected chi connectivity index (χ1v) is 19.8. The number of hydrogen-bond acceptors (Lipinski definition) is 2. The third-order valence-corrected chi connectivity index (χ3v) is 12.7. The maximum Gasteiger partial charge on any atom is 0.252 e. The maximum atomic E-state index is 2.54. The van der Waals surface area contributed by atoms with Gasteiger partial charge in [0.2, 0.25) is 0 Å². The van der Waals surface area contributed by atoms with Crippen LogP contribution in [0.4, 0.5) is 34.1 Å². The standard InChI is InChI=1S/C52H47BN2/c1-50(2,3)36-26-22-34(23-27-36)35-24-30-39(31-25-35)54-43-18-11-16-41-47(43)53-48-42(52(41,7)38-14-9-8-10-15-38)17-12-19-44(48)55(46-21-13-20-45(54)49(46)53)40-32-28-37(29-33-40)51(4,5)6/h8-33H,1-7H3. The zero-order valence-corrected chi connectivity index (χ0v) is 33.0. The lowest BCUT2D eigenvalue weighted by Crippen LogP contribution is -2.67. The fraction of sp³-hybridized carbons (Fsp3) is 0.192. The molecule has 0 amide bonds. The SMILES string of the molecule is CC(C)(C)c1ccc(-c2ccc(N3c4cccc5c4B4c6c3cccc6C(C)(c3ccccc3)c3cccc(c34)N5c3ccc(C(C)(C)C)cc3)cc2)cc1. The highest BCUT2D eigenvalue weighted by atomic mass is 15.2. The van der Waals surface area contributed by atoms with Crippen molar-refractivity contribution in [1.82, 2.24) is 0 Å². The number of rotatable bonds is 4. The molecule has 3 heteroatoms. The normalized spacial score (nSPS) is 16.6. The summed E-state index contributed by atoms with van der Waals surface area (Å²) in [5.41, 5.74) is 20.7. The van der Waals surface area contributed by atoms with Crippen molar-refractivity contribution in [2.45, 2.75) is 64.7 Å². The van der Waals surface area contributed by atoms with Crippen LogP contribution in [0.25, 0.3) is 11.1 Å². The highest BCUT2D eigenvalue weighted by molar-refractivity contribution is 7.01. The molecule has 2 nitrogen and oxygen atoms in total. The summed E-state index contributed by atoms with van der Waals surface area (Å²) < 4.78 is 0. The van der Waals surface area contributed by atoms with E-state index < -0.39 is 0 Å². The van der Waals surface area contributed by atoms with Crippen molar-refractivity contribution >= 4 is 57.2 Å². The topological polar surface area (TPSA) is 6.48 Å². The Kier molecular flexibility index (Phi) is 7.27. The van der Waals surface area contributed by atoms with Gasteiger partial charge in [0.15, 0.2) is 0 Å². The zero-order chi connectivity index (χ0) is 37.9. The van der Waals surface area contributed by atoms with Gasteiger partial charge in [-0.05, 0) is 122 Å². The summed E-state index contributed by atoms with van der Waals surface area (Å²) in [5, 5.41) is 0. The second kappa shape index (κ2) is 11.9. The predicted molar refractivity (Wildman–Crippen MR) is 235 cm³/mol. The van der Waals surface area contributed by atoms with E-state index in [1.54, 1.807) is 0 Å². The summed E-state index contributed by atoms with van der Waals surface area (Å²) in [5.74, 6) is 0. The number of nitrogens with zero attached hydrogens (tertiary/aromatic N) is 2. The van der Waals surface area contributed by atoms with Crippen LogP contribution in [-0.2, 0) is 16.2 Å². The lowest BCUT2D eigenvalue weighted by atomic mass is 9.28. The van der Waals surface area contributed by atoms with Gasteiger partial charge < -0.3 is 9.80 Å². The van der Waals surface area contributed by atoms with Crippen LogP contribution in [0.3, 0.4) is 0 Å². The van der Waals surface area contributed by atoms with E-state index in [2.05, 4.69) is 216 Å². The van der Waals surface area contributed by atoms with Gasteiger partial charge in [0.25, 0.3) is 6.71 Å². The average molecular weight is 711 g/mol. The average Bonchev–Trinajstić information content (AvgIpc) is 3.19. The molecule has 10 rings (SSSR count). The van der Waals surface area contributed by atoms with Gasteiger partial charge >= 0.3 is 0 Å². The Morgan fingerprint density at radius 2 is 0.782 bits per heavy atom.